The predicted molar refractivity (Wildman–Crippen MR) is 84.5 cm³/mol. The molecule has 0 bridgehead atoms. The molecule has 0 unspecified atom stereocenters. The lowest BCUT2D eigenvalue weighted by Gasteiger charge is -2.35. The van der Waals surface area contributed by atoms with Crippen LogP contribution in [0.3, 0.4) is 0 Å². The number of anilines is 1. The Labute approximate surface area is 130 Å². The number of hydrogen-bond donors (Lipinski definition) is 2. The third kappa shape index (κ3) is 4.15. The summed E-state index contributed by atoms with van der Waals surface area (Å²) in [6, 6.07) is 4.33. The molecule has 122 valence electrons. The Morgan fingerprint density at radius 2 is 2.14 bits per heavy atom. The Morgan fingerprint density at radius 3 is 2.95 bits per heavy atom. The minimum atomic E-state index is -2.39. The largest absolute Gasteiger partial charge is 0.370 e. The fourth-order valence-corrected chi connectivity index (χ4v) is 3.30. The zero-order valence-electron chi connectivity index (χ0n) is 13.0. The van der Waals surface area contributed by atoms with E-state index < -0.39 is 5.92 Å². The van der Waals surface area contributed by atoms with Crippen molar-refractivity contribution in [2.45, 2.75) is 50.9 Å². The van der Waals surface area contributed by atoms with E-state index in [9.17, 15) is 8.78 Å². The molecular weight excluding hydrogens is 284 g/mol. The Kier molecular flexibility index (Phi) is 4.91. The molecule has 1 aromatic heterocycles. The first-order valence-corrected chi connectivity index (χ1v) is 8.44. The van der Waals surface area contributed by atoms with Gasteiger partial charge in [-0.3, -0.25) is 0 Å². The van der Waals surface area contributed by atoms with Gasteiger partial charge in [-0.2, -0.15) is 0 Å². The molecule has 2 aliphatic rings. The van der Waals surface area contributed by atoms with E-state index in [2.05, 4.69) is 27.8 Å². The van der Waals surface area contributed by atoms with Crippen LogP contribution in [0.15, 0.2) is 12.1 Å². The first kappa shape index (κ1) is 15.7. The molecule has 5 heteroatoms. The normalized spacial score (nSPS) is 20.1. The molecule has 22 heavy (non-hydrogen) atoms. The molecule has 0 saturated heterocycles. The number of aromatic nitrogens is 1. The van der Waals surface area contributed by atoms with Crippen molar-refractivity contribution in [2.24, 2.45) is 5.92 Å². The van der Waals surface area contributed by atoms with Gasteiger partial charge in [0.1, 0.15) is 5.82 Å². The third-order valence-electron chi connectivity index (χ3n) is 4.60. The average Bonchev–Trinajstić information content (AvgIpc) is 2.48. The van der Waals surface area contributed by atoms with Crippen molar-refractivity contribution in [2.75, 3.05) is 25.0 Å². The molecule has 2 N–H and O–H groups in total. The van der Waals surface area contributed by atoms with E-state index in [-0.39, 0.29) is 18.8 Å². The third-order valence-corrected chi connectivity index (χ3v) is 4.60. The number of unbranched alkanes of at least 4 members (excludes halogenated alkanes) is 1. The van der Waals surface area contributed by atoms with Crippen LogP contribution in [0.2, 0.25) is 0 Å². The van der Waals surface area contributed by atoms with E-state index in [1.54, 1.807) is 0 Å². The van der Waals surface area contributed by atoms with Crippen LogP contribution in [0, 0.1) is 5.92 Å². The molecule has 0 aromatic carbocycles. The van der Waals surface area contributed by atoms with Crippen molar-refractivity contribution < 1.29 is 8.78 Å². The Hall–Kier alpha value is -1.23. The lowest BCUT2D eigenvalue weighted by molar-refractivity contribution is -0.109. The highest BCUT2D eigenvalue weighted by Crippen LogP contribution is 2.41. The summed E-state index contributed by atoms with van der Waals surface area (Å²) in [5.74, 6) is -1.16. The second-order valence-corrected chi connectivity index (χ2v) is 6.63. The summed E-state index contributed by atoms with van der Waals surface area (Å²) in [6.45, 7) is 2.66. The maximum atomic E-state index is 12.7. The number of alkyl halides is 2. The van der Waals surface area contributed by atoms with Crippen LogP contribution in [0.5, 0.6) is 0 Å². The van der Waals surface area contributed by atoms with E-state index >= 15 is 0 Å². The molecule has 1 saturated carbocycles. The Morgan fingerprint density at radius 1 is 1.27 bits per heavy atom. The predicted octanol–water partition coefficient (Wildman–Crippen LogP) is 3.40. The molecule has 1 aliphatic carbocycles. The highest BCUT2D eigenvalue weighted by Gasteiger charge is 2.44. The van der Waals surface area contributed by atoms with Crippen molar-refractivity contribution in [3.05, 3.63) is 23.4 Å². The van der Waals surface area contributed by atoms with Crippen molar-refractivity contribution in [1.29, 1.82) is 0 Å². The summed E-state index contributed by atoms with van der Waals surface area (Å²) in [4.78, 5) is 4.68. The average molecular weight is 309 g/mol. The number of hydrogen-bond acceptors (Lipinski definition) is 3. The topological polar surface area (TPSA) is 37.0 Å². The zero-order valence-corrected chi connectivity index (χ0v) is 13.0. The number of nitrogens with one attached hydrogen (secondary N) is 2. The summed E-state index contributed by atoms with van der Waals surface area (Å²) < 4.78 is 25.4. The number of pyridine rings is 1. The van der Waals surface area contributed by atoms with Gasteiger partial charge in [0, 0.05) is 25.1 Å². The molecule has 0 spiro atoms. The van der Waals surface area contributed by atoms with Gasteiger partial charge in [-0.25, -0.2) is 13.8 Å². The molecule has 0 atom stereocenters. The molecule has 3 nitrogen and oxygen atoms in total. The maximum absolute atomic E-state index is 12.7. The molecule has 1 aromatic rings. The molecule has 0 amide bonds. The minimum absolute atomic E-state index is 0.0616. The number of fused-ring (bicyclic) bond motifs is 1. The Bertz CT molecular complexity index is 497. The van der Waals surface area contributed by atoms with Gasteiger partial charge in [-0.05, 0) is 62.7 Å². The SMILES string of the molecule is FC1(F)CC(CNCCCCc2ccc3c(n2)NCCC3)C1. The molecule has 1 fully saturated rings. The van der Waals surface area contributed by atoms with Crippen molar-refractivity contribution >= 4 is 5.82 Å². The molecule has 0 radical (unpaired) electrons. The molecular formula is C17H25F2N3. The van der Waals surface area contributed by atoms with Crippen LogP contribution in [-0.2, 0) is 12.8 Å². The van der Waals surface area contributed by atoms with Crippen molar-refractivity contribution in [1.82, 2.24) is 10.3 Å². The van der Waals surface area contributed by atoms with Crippen LogP contribution < -0.4 is 10.6 Å². The van der Waals surface area contributed by atoms with Crippen LogP contribution in [0.1, 0.15) is 43.4 Å². The smallest absolute Gasteiger partial charge is 0.248 e. The van der Waals surface area contributed by atoms with Crippen molar-refractivity contribution in [3.63, 3.8) is 0 Å². The first-order chi connectivity index (χ1) is 10.6. The number of aryl methyl sites for hydroxylation is 2. The second kappa shape index (κ2) is 6.90. The van der Waals surface area contributed by atoms with Gasteiger partial charge in [0.2, 0.25) is 5.92 Å². The summed E-state index contributed by atoms with van der Waals surface area (Å²) in [5, 5.41) is 6.66. The van der Waals surface area contributed by atoms with Crippen LogP contribution in [0.4, 0.5) is 14.6 Å². The molecule has 1 aliphatic heterocycles. The second-order valence-electron chi connectivity index (χ2n) is 6.63. The lowest BCUT2D eigenvalue weighted by Crippen LogP contribution is -2.41. The highest BCUT2D eigenvalue weighted by atomic mass is 19.3. The fraction of sp³-hybridized carbons (Fsp3) is 0.706. The van der Waals surface area contributed by atoms with Crippen LogP contribution in [-0.4, -0.2) is 30.5 Å². The van der Waals surface area contributed by atoms with Crippen LogP contribution in [0.25, 0.3) is 0 Å². The van der Waals surface area contributed by atoms with E-state index in [1.807, 2.05) is 0 Å². The summed E-state index contributed by atoms with van der Waals surface area (Å²) >= 11 is 0. The standard InChI is InChI=1S/C17H25F2N3/c18-17(19)10-13(11-17)12-20-8-2-1-5-15-7-6-14-4-3-9-21-16(14)22-15/h6-7,13,20H,1-5,8-12H2,(H,21,22). The molecule has 2 heterocycles. The monoisotopic (exact) mass is 309 g/mol. The van der Waals surface area contributed by atoms with Gasteiger partial charge in [0.25, 0.3) is 0 Å². The first-order valence-electron chi connectivity index (χ1n) is 8.44. The lowest BCUT2D eigenvalue weighted by atomic mass is 9.81. The van der Waals surface area contributed by atoms with Gasteiger partial charge in [0.05, 0.1) is 0 Å². The van der Waals surface area contributed by atoms with E-state index in [4.69, 9.17) is 0 Å². The number of rotatable bonds is 7. The Balaban J connectivity index is 1.29. The van der Waals surface area contributed by atoms with Gasteiger partial charge in [-0.1, -0.05) is 6.07 Å². The minimum Gasteiger partial charge on any atom is -0.370 e. The maximum Gasteiger partial charge on any atom is 0.248 e. The van der Waals surface area contributed by atoms with E-state index in [0.717, 1.165) is 56.8 Å². The van der Waals surface area contributed by atoms with Gasteiger partial charge in [0.15, 0.2) is 0 Å². The van der Waals surface area contributed by atoms with E-state index in [1.165, 1.54) is 12.0 Å². The zero-order chi connectivity index (χ0) is 15.4. The van der Waals surface area contributed by atoms with Gasteiger partial charge < -0.3 is 10.6 Å². The summed E-state index contributed by atoms with van der Waals surface area (Å²) in [5.41, 5.74) is 2.47. The summed E-state index contributed by atoms with van der Waals surface area (Å²) in [6.07, 6.45) is 5.57. The molecule has 3 rings (SSSR count). The van der Waals surface area contributed by atoms with Gasteiger partial charge in [-0.15, -0.1) is 0 Å². The number of nitrogens with zero attached hydrogens (tertiary/aromatic N) is 1. The van der Waals surface area contributed by atoms with E-state index in [0.29, 0.717) is 0 Å². The quantitative estimate of drug-likeness (QED) is 0.758. The summed E-state index contributed by atoms with van der Waals surface area (Å²) in [7, 11) is 0. The van der Waals surface area contributed by atoms with Gasteiger partial charge >= 0.3 is 0 Å². The van der Waals surface area contributed by atoms with Crippen molar-refractivity contribution in [3.8, 4) is 0 Å². The van der Waals surface area contributed by atoms with Crippen LogP contribution >= 0.6 is 0 Å². The number of halogens is 2. The fourth-order valence-electron chi connectivity index (χ4n) is 3.30. The highest BCUT2D eigenvalue weighted by molar-refractivity contribution is 5.46.